The van der Waals surface area contributed by atoms with Crippen molar-refractivity contribution in [3.63, 3.8) is 0 Å². The second kappa shape index (κ2) is 7.23. The maximum Gasteiger partial charge on any atom is 0.252 e. The number of hydrogen-bond donors (Lipinski definition) is 0. The lowest BCUT2D eigenvalue weighted by molar-refractivity contribution is -0.123. The van der Waals surface area contributed by atoms with Gasteiger partial charge in [-0.05, 0) is 43.2 Å². The Balaban J connectivity index is 1.83. The largest absolute Gasteiger partial charge is 0.493 e. The van der Waals surface area contributed by atoms with Gasteiger partial charge >= 0.3 is 0 Å². The standard InChI is InChI=1S/C21H21N3O3/c1-26-17-11-10-14(13-18(17)27-2)20-15-7-3-4-8-16(15)21(25)24(23-20)19-9-5-6-12-22-19/h3-6,9-13,15-16H,7-8H2,1-2H3. The summed E-state index contributed by atoms with van der Waals surface area (Å²) in [5, 5.41) is 6.16. The molecule has 138 valence electrons. The number of anilines is 1. The summed E-state index contributed by atoms with van der Waals surface area (Å²) in [6, 6.07) is 11.2. The average molecular weight is 363 g/mol. The van der Waals surface area contributed by atoms with Gasteiger partial charge in [0.15, 0.2) is 17.3 Å². The molecule has 0 saturated carbocycles. The van der Waals surface area contributed by atoms with E-state index >= 15 is 0 Å². The third-order valence-corrected chi connectivity index (χ3v) is 5.06. The summed E-state index contributed by atoms with van der Waals surface area (Å²) in [4.78, 5) is 17.4. The van der Waals surface area contributed by atoms with Gasteiger partial charge in [-0.25, -0.2) is 4.98 Å². The average Bonchev–Trinajstić information content (AvgIpc) is 2.74. The van der Waals surface area contributed by atoms with Crippen molar-refractivity contribution in [1.82, 2.24) is 4.98 Å². The molecule has 0 radical (unpaired) electrons. The van der Waals surface area contributed by atoms with E-state index in [1.54, 1.807) is 26.5 Å². The lowest BCUT2D eigenvalue weighted by Crippen LogP contribution is -2.45. The van der Waals surface area contributed by atoms with Crippen molar-refractivity contribution in [3.8, 4) is 11.5 Å². The predicted octanol–water partition coefficient (Wildman–Crippen LogP) is 3.43. The van der Waals surface area contributed by atoms with Gasteiger partial charge < -0.3 is 9.47 Å². The van der Waals surface area contributed by atoms with Crippen LogP contribution >= 0.6 is 0 Å². The maximum atomic E-state index is 13.1. The normalized spacial score (nSPS) is 21.5. The van der Waals surface area contributed by atoms with Crippen LogP contribution in [0.1, 0.15) is 18.4 Å². The Morgan fingerprint density at radius 1 is 1.00 bits per heavy atom. The van der Waals surface area contributed by atoms with Crippen molar-refractivity contribution < 1.29 is 14.3 Å². The van der Waals surface area contributed by atoms with E-state index in [2.05, 4.69) is 17.1 Å². The second-order valence-electron chi connectivity index (χ2n) is 6.55. The maximum absolute atomic E-state index is 13.1. The summed E-state index contributed by atoms with van der Waals surface area (Å²) >= 11 is 0. The van der Waals surface area contributed by atoms with Crippen LogP contribution in [0.5, 0.6) is 11.5 Å². The van der Waals surface area contributed by atoms with Crippen molar-refractivity contribution >= 4 is 17.4 Å². The molecular weight excluding hydrogens is 342 g/mol. The molecule has 4 rings (SSSR count). The quantitative estimate of drug-likeness (QED) is 0.781. The molecule has 2 unspecified atom stereocenters. The molecular formula is C21H21N3O3. The Labute approximate surface area is 158 Å². The first-order chi connectivity index (χ1) is 13.2. The van der Waals surface area contributed by atoms with Crippen molar-refractivity contribution in [1.29, 1.82) is 0 Å². The molecule has 27 heavy (non-hydrogen) atoms. The van der Waals surface area contributed by atoms with E-state index < -0.39 is 0 Å². The highest BCUT2D eigenvalue weighted by Gasteiger charge is 2.41. The number of nitrogens with zero attached hydrogens (tertiary/aromatic N) is 3. The highest BCUT2D eigenvalue weighted by Crippen LogP contribution is 2.37. The third-order valence-electron chi connectivity index (χ3n) is 5.06. The van der Waals surface area contributed by atoms with E-state index in [1.165, 1.54) is 5.01 Å². The molecule has 0 fully saturated rings. The third kappa shape index (κ3) is 3.07. The summed E-state index contributed by atoms with van der Waals surface area (Å²) in [7, 11) is 3.22. The topological polar surface area (TPSA) is 64.0 Å². The van der Waals surface area contributed by atoms with E-state index in [0.717, 1.165) is 17.7 Å². The first kappa shape index (κ1) is 17.3. The van der Waals surface area contributed by atoms with E-state index in [-0.39, 0.29) is 17.7 Å². The molecule has 0 bridgehead atoms. The van der Waals surface area contributed by atoms with Crippen molar-refractivity contribution in [2.24, 2.45) is 16.9 Å². The molecule has 0 spiro atoms. The molecule has 0 N–H and O–H groups in total. The van der Waals surface area contributed by atoms with E-state index in [9.17, 15) is 4.79 Å². The molecule has 2 aliphatic rings. The summed E-state index contributed by atoms with van der Waals surface area (Å²) in [5.41, 5.74) is 1.79. The molecule has 1 amide bonds. The minimum absolute atomic E-state index is 0.00715. The van der Waals surface area contributed by atoms with Crippen LogP contribution in [0.2, 0.25) is 0 Å². The van der Waals surface area contributed by atoms with E-state index in [1.807, 2.05) is 30.3 Å². The van der Waals surface area contributed by atoms with Crippen LogP contribution < -0.4 is 14.5 Å². The number of hydrazone groups is 1. The van der Waals surface area contributed by atoms with Crippen LogP contribution in [-0.4, -0.2) is 30.8 Å². The fourth-order valence-corrected chi connectivity index (χ4v) is 3.69. The smallest absolute Gasteiger partial charge is 0.252 e. The Kier molecular flexibility index (Phi) is 4.62. The van der Waals surface area contributed by atoms with E-state index in [4.69, 9.17) is 14.6 Å². The fourth-order valence-electron chi connectivity index (χ4n) is 3.69. The molecule has 1 aliphatic heterocycles. The molecule has 6 heteroatoms. The zero-order chi connectivity index (χ0) is 18.8. The number of aromatic nitrogens is 1. The minimum atomic E-state index is -0.141. The summed E-state index contributed by atoms with van der Waals surface area (Å²) in [6.45, 7) is 0. The van der Waals surface area contributed by atoms with Crippen LogP contribution in [0.3, 0.4) is 0 Å². The van der Waals surface area contributed by atoms with Gasteiger partial charge in [0, 0.05) is 17.7 Å². The number of hydrogen-bond acceptors (Lipinski definition) is 5. The van der Waals surface area contributed by atoms with Crippen molar-refractivity contribution in [3.05, 3.63) is 60.3 Å². The number of carbonyl (C=O) groups is 1. The number of fused-ring (bicyclic) bond motifs is 1. The van der Waals surface area contributed by atoms with Gasteiger partial charge in [0.25, 0.3) is 5.91 Å². The van der Waals surface area contributed by atoms with Gasteiger partial charge in [-0.2, -0.15) is 10.1 Å². The number of carbonyl (C=O) groups excluding carboxylic acids is 1. The summed E-state index contributed by atoms with van der Waals surface area (Å²) in [5.74, 6) is 1.73. The van der Waals surface area contributed by atoms with Gasteiger partial charge in [0.1, 0.15) is 0 Å². The predicted molar refractivity (Wildman–Crippen MR) is 103 cm³/mol. The Morgan fingerprint density at radius 3 is 2.48 bits per heavy atom. The van der Waals surface area contributed by atoms with E-state index in [0.29, 0.717) is 23.7 Å². The summed E-state index contributed by atoms with van der Waals surface area (Å²) < 4.78 is 10.8. The molecule has 6 nitrogen and oxygen atoms in total. The highest BCUT2D eigenvalue weighted by molar-refractivity contribution is 6.11. The van der Waals surface area contributed by atoms with Gasteiger partial charge in [-0.1, -0.05) is 18.2 Å². The van der Waals surface area contributed by atoms with Gasteiger partial charge in [-0.3, -0.25) is 4.79 Å². The lowest BCUT2D eigenvalue weighted by atomic mass is 9.76. The Morgan fingerprint density at radius 2 is 1.78 bits per heavy atom. The zero-order valence-corrected chi connectivity index (χ0v) is 15.3. The zero-order valence-electron chi connectivity index (χ0n) is 15.3. The van der Waals surface area contributed by atoms with Crippen LogP contribution in [0, 0.1) is 11.8 Å². The number of methoxy groups -OCH3 is 2. The van der Waals surface area contributed by atoms with Crippen LogP contribution in [0.4, 0.5) is 5.82 Å². The molecule has 2 heterocycles. The van der Waals surface area contributed by atoms with Crippen LogP contribution in [-0.2, 0) is 4.79 Å². The van der Waals surface area contributed by atoms with Gasteiger partial charge in [-0.15, -0.1) is 0 Å². The molecule has 1 aromatic heterocycles. The molecule has 0 saturated heterocycles. The number of allylic oxidation sites excluding steroid dienone is 2. The molecule has 1 aliphatic carbocycles. The lowest BCUT2D eigenvalue weighted by Gasteiger charge is -2.36. The number of rotatable bonds is 4. The fraction of sp³-hybridized carbons (Fsp3) is 0.286. The van der Waals surface area contributed by atoms with Crippen LogP contribution in [0.15, 0.2) is 59.8 Å². The van der Waals surface area contributed by atoms with Crippen molar-refractivity contribution in [2.45, 2.75) is 12.8 Å². The Hall–Kier alpha value is -3.15. The number of amides is 1. The number of ether oxygens (including phenoxy) is 2. The van der Waals surface area contributed by atoms with Gasteiger partial charge in [0.05, 0.1) is 25.8 Å². The first-order valence-corrected chi connectivity index (χ1v) is 8.94. The summed E-state index contributed by atoms with van der Waals surface area (Å²) in [6.07, 6.45) is 7.37. The first-order valence-electron chi connectivity index (χ1n) is 8.94. The Bertz CT molecular complexity index is 908. The molecule has 2 aromatic rings. The highest BCUT2D eigenvalue weighted by atomic mass is 16.5. The number of benzene rings is 1. The molecule has 2 atom stereocenters. The minimum Gasteiger partial charge on any atom is -0.493 e. The number of pyridine rings is 1. The monoisotopic (exact) mass is 363 g/mol. The van der Waals surface area contributed by atoms with Crippen molar-refractivity contribution in [2.75, 3.05) is 19.2 Å². The van der Waals surface area contributed by atoms with Crippen LogP contribution in [0.25, 0.3) is 0 Å². The SMILES string of the molecule is COc1ccc(C2=NN(c3ccccn3)C(=O)C3CC=CCC23)cc1OC. The second-order valence-corrected chi connectivity index (χ2v) is 6.55. The molecule has 1 aromatic carbocycles. The van der Waals surface area contributed by atoms with Gasteiger partial charge in [0.2, 0.25) is 0 Å².